The molecule has 0 saturated heterocycles. The van der Waals surface area contributed by atoms with E-state index in [0.29, 0.717) is 0 Å². The second kappa shape index (κ2) is 6.64. The highest BCUT2D eigenvalue weighted by molar-refractivity contribution is 7.98. The smallest absolute Gasteiger partial charge is 0.291 e. The number of hydrogen-bond donors (Lipinski definition) is 2. The molecule has 1 amide bonds. The number of carbonyl (C=O) groups excluding carboxylic acids is 1. The molecule has 2 N–H and O–H groups in total. The number of carbonyl (C=O) groups is 1. The molecule has 5 nitrogen and oxygen atoms in total. The minimum absolute atomic E-state index is 0.149. The number of aromatic amines is 1. The number of amides is 1. The molecule has 0 bridgehead atoms. The fourth-order valence-electron chi connectivity index (χ4n) is 1.29. The van der Waals surface area contributed by atoms with Crippen LogP contribution in [0, 0.1) is 0 Å². The average molecular weight is 256 g/mol. The first-order valence-electron chi connectivity index (χ1n) is 5.76. The van der Waals surface area contributed by atoms with Crippen LogP contribution in [-0.4, -0.2) is 39.1 Å². The highest BCUT2D eigenvalue weighted by Gasteiger charge is 2.15. The molecule has 6 heteroatoms. The number of thioether (sulfide) groups is 1. The number of nitrogens with one attached hydrogen (secondary N) is 2. The van der Waals surface area contributed by atoms with Crippen molar-refractivity contribution < 1.29 is 4.79 Å². The predicted octanol–water partition coefficient (Wildman–Crippen LogP) is 1.80. The molecule has 1 rings (SSSR count). The lowest BCUT2D eigenvalue weighted by atomic mass is 10.2. The van der Waals surface area contributed by atoms with Crippen molar-refractivity contribution in [3.05, 3.63) is 11.6 Å². The fraction of sp³-hybridized carbons (Fsp3) is 0.727. The Hall–Kier alpha value is -1.04. The van der Waals surface area contributed by atoms with E-state index in [-0.39, 0.29) is 23.7 Å². The summed E-state index contributed by atoms with van der Waals surface area (Å²) < 4.78 is 0. The molecule has 0 aliphatic carbocycles. The number of aromatic nitrogens is 3. The lowest BCUT2D eigenvalue weighted by Gasteiger charge is -2.11. The Morgan fingerprint density at radius 3 is 2.71 bits per heavy atom. The topological polar surface area (TPSA) is 70.7 Å². The molecule has 0 radical (unpaired) electrons. The molecule has 1 aromatic rings. The third-order valence-corrected chi connectivity index (χ3v) is 3.03. The van der Waals surface area contributed by atoms with E-state index in [1.165, 1.54) is 0 Å². The zero-order valence-electron chi connectivity index (χ0n) is 10.8. The van der Waals surface area contributed by atoms with Gasteiger partial charge in [0.1, 0.15) is 5.82 Å². The van der Waals surface area contributed by atoms with E-state index in [2.05, 4.69) is 26.8 Å². The van der Waals surface area contributed by atoms with Crippen LogP contribution in [0.25, 0.3) is 0 Å². The Morgan fingerprint density at radius 1 is 1.47 bits per heavy atom. The van der Waals surface area contributed by atoms with E-state index in [0.717, 1.165) is 18.0 Å². The van der Waals surface area contributed by atoms with Crippen LogP contribution in [0.4, 0.5) is 0 Å². The molecule has 0 aromatic carbocycles. The van der Waals surface area contributed by atoms with Crippen molar-refractivity contribution in [1.29, 1.82) is 0 Å². The van der Waals surface area contributed by atoms with E-state index in [9.17, 15) is 4.79 Å². The number of rotatable bonds is 6. The summed E-state index contributed by atoms with van der Waals surface area (Å²) in [6.45, 7) is 6.00. The summed E-state index contributed by atoms with van der Waals surface area (Å²) in [6.07, 6.45) is 3.01. The molecule has 17 heavy (non-hydrogen) atoms. The van der Waals surface area contributed by atoms with Crippen LogP contribution >= 0.6 is 11.8 Å². The van der Waals surface area contributed by atoms with Gasteiger partial charge in [0, 0.05) is 12.0 Å². The van der Waals surface area contributed by atoms with Gasteiger partial charge >= 0.3 is 0 Å². The maximum absolute atomic E-state index is 11.8. The molecule has 1 aromatic heterocycles. The summed E-state index contributed by atoms with van der Waals surface area (Å²) in [5, 5.41) is 9.58. The van der Waals surface area contributed by atoms with Gasteiger partial charge in [0.05, 0.1) is 0 Å². The Morgan fingerprint density at radius 2 is 2.18 bits per heavy atom. The van der Waals surface area contributed by atoms with Crippen molar-refractivity contribution in [1.82, 2.24) is 20.5 Å². The molecule has 96 valence electrons. The lowest BCUT2D eigenvalue weighted by molar-refractivity contribution is 0.0929. The third-order valence-electron chi connectivity index (χ3n) is 2.39. The van der Waals surface area contributed by atoms with Gasteiger partial charge in [-0.2, -0.15) is 11.8 Å². The zero-order valence-corrected chi connectivity index (χ0v) is 11.6. The normalized spacial score (nSPS) is 12.8. The van der Waals surface area contributed by atoms with Crippen LogP contribution in [0.3, 0.4) is 0 Å². The zero-order chi connectivity index (χ0) is 12.8. The maximum atomic E-state index is 11.8. The second-order valence-corrected chi connectivity index (χ2v) is 5.34. The molecule has 0 aliphatic rings. The van der Waals surface area contributed by atoms with Crippen LogP contribution in [0.5, 0.6) is 0 Å². The van der Waals surface area contributed by atoms with Crippen molar-refractivity contribution in [3.63, 3.8) is 0 Å². The second-order valence-electron chi connectivity index (χ2n) is 4.35. The molecule has 1 unspecified atom stereocenters. The van der Waals surface area contributed by atoms with Gasteiger partial charge in [-0.3, -0.25) is 9.89 Å². The highest BCUT2D eigenvalue weighted by atomic mass is 32.2. The van der Waals surface area contributed by atoms with Gasteiger partial charge < -0.3 is 5.32 Å². The Balaban J connectivity index is 2.51. The molecule has 1 atom stereocenters. The molecule has 1 heterocycles. The van der Waals surface area contributed by atoms with Gasteiger partial charge in [-0.05, 0) is 25.4 Å². The Labute approximate surface area is 106 Å². The van der Waals surface area contributed by atoms with Crippen LogP contribution in [0.1, 0.15) is 49.6 Å². The van der Waals surface area contributed by atoms with Crippen molar-refractivity contribution in [2.45, 2.75) is 39.2 Å². The molecule has 0 fully saturated rings. The summed E-state index contributed by atoms with van der Waals surface area (Å²) in [7, 11) is 0. The van der Waals surface area contributed by atoms with Crippen molar-refractivity contribution in [2.24, 2.45) is 0 Å². The predicted molar refractivity (Wildman–Crippen MR) is 70.4 cm³/mol. The molecular weight excluding hydrogens is 236 g/mol. The first kappa shape index (κ1) is 14.0. The van der Waals surface area contributed by atoms with Gasteiger partial charge in [0.15, 0.2) is 0 Å². The maximum Gasteiger partial charge on any atom is 0.291 e. The minimum Gasteiger partial charge on any atom is -0.347 e. The van der Waals surface area contributed by atoms with Crippen molar-refractivity contribution in [2.75, 3.05) is 12.0 Å². The number of hydrogen-bond acceptors (Lipinski definition) is 4. The first-order valence-corrected chi connectivity index (χ1v) is 7.16. The fourth-order valence-corrected chi connectivity index (χ4v) is 1.88. The Kier molecular flexibility index (Phi) is 5.47. The SMILES string of the molecule is CSCCC(C)NC(=O)c1n[nH]c(C(C)C)n1. The summed E-state index contributed by atoms with van der Waals surface area (Å²) in [5.41, 5.74) is 0. The number of nitrogens with zero attached hydrogens (tertiary/aromatic N) is 2. The molecule has 0 aliphatic heterocycles. The van der Waals surface area contributed by atoms with Gasteiger partial charge in [-0.1, -0.05) is 13.8 Å². The van der Waals surface area contributed by atoms with Gasteiger partial charge in [-0.25, -0.2) is 4.98 Å². The lowest BCUT2D eigenvalue weighted by Crippen LogP contribution is -2.33. The standard InChI is InChI=1S/C11H20N4OS/c1-7(2)9-13-10(15-14-9)11(16)12-8(3)5-6-17-4/h7-8H,5-6H2,1-4H3,(H,12,16)(H,13,14,15). The summed E-state index contributed by atoms with van der Waals surface area (Å²) >= 11 is 1.77. The largest absolute Gasteiger partial charge is 0.347 e. The quantitative estimate of drug-likeness (QED) is 0.814. The van der Waals surface area contributed by atoms with Crippen LogP contribution in [0.15, 0.2) is 0 Å². The van der Waals surface area contributed by atoms with Gasteiger partial charge in [-0.15, -0.1) is 5.10 Å². The molecular formula is C11H20N4OS. The monoisotopic (exact) mass is 256 g/mol. The number of H-pyrrole nitrogens is 1. The van der Waals surface area contributed by atoms with E-state index >= 15 is 0 Å². The van der Waals surface area contributed by atoms with Crippen molar-refractivity contribution in [3.8, 4) is 0 Å². The average Bonchev–Trinajstić information content (AvgIpc) is 2.75. The molecule has 0 saturated carbocycles. The van der Waals surface area contributed by atoms with Crippen LogP contribution in [0.2, 0.25) is 0 Å². The Bertz CT molecular complexity index is 364. The van der Waals surface area contributed by atoms with E-state index in [4.69, 9.17) is 0 Å². The van der Waals surface area contributed by atoms with Crippen molar-refractivity contribution >= 4 is 17.7 Å². The molecule has 0 spiro atoms. The van der Waals surface area contributed by atoms with Gasteiger partial charge in [0.2, 0.25) is 5.82 Å². The summed E-state index contributed by atoms with van der Waals surface area (Å²) in [4.78, 5) is 16.0. The van der Waals surface area contributed by atoms with Gasteiger partial charge in [0.25, 0.3) is 5.91 Å². The third kappa shape index (κ3) is 4.38. The summed E-state index contributed by atoms with van der Waals surface area (Å²) in [5.74, 6) is 2.04. The highest BCUT2D eigenvalue weighted by Crippen LogP contribution is 2.07. The van der Waals surface area contributed by atoms with Crippen LogP contribution < -0.4 is 5.32 Å². The van der Waals surface area contributed by atoms with E-state index in [1.807, 2.05) is 20.8 Å². The minimum atomic E-state index is -0.207. The summed E-state index contributed by atoms with van der Waals surface area (Å²) in [6, 6.07) is 0.149. The van der Waals surface area contributed by atoms with E-state index < -0.39 is 0 Å². The first-order chi connectivity index (χ1) is 8.04. The van der Waals surface area contributed by atoms with Crippen LogP contribution in [-0.2, 0) is 0 Å². The van der Waals surface area contributed by atoms with E-state index in [1.54, 1.807) is 11.8 Å².